The predicted molar refractivity (Wildman–Crippen MR) is 115 cm³/mol. The number of ether oxygens (including phenoxy) is 1. The van der Waals surface area contributed by atoms with Crippen LogP contribution in [0.1, 0.15) is 38.7 Å². The summed E-state index contributed by atoms with van der Waals surface area (Å²) in [6, 6.07) is 17.7. The van der Waals surface area contributed by atoms with Crippen LogP contribution in [0.2, 0.25) is 0 Å². The summed E-state index contributed by atoms with van der Waals surface area (Å²) in [5.74, 6) is -2.20. The van der Waals surface area contributed by atoms with Gasteiger partial charge in [0.15, 0.2) is 0 Å². The number of aliphatic carboxylic acids is 1. The number of carbonyl (C=O) groups excluding carboxylic acids is 2. The quantitative estimate of drug-likeness (QED) is 0.548. The molecule has 0 saturated heterocycles. The van der Waals surface area contributed by atoms with E-state index in [1.807, 2.05) is 54.6 Å². The Morgan fingerprint density at radius 1 is 0.967 bits per heavy atom. The Bertz CT molecular complexity index is 832. The number of hydrogen-bond acceptors (Lipinski definition) is 4. The summed E-state index contributed by atoms with van der Waals surface area (Å²) >= 11 is 0. The average Bonchev–Trinajstić information content (AvgIpc) is 2.73. The number of carbonyl (C=O) groups is 3. The van der Waals surface area contributed by atoms with E-state index in [1.54, 1.807) is 13.8 Å². The van der Waals surface area contributed by atoms with Crippen LogP contribution in [-0.2, 0) is 25.5 Å². The van der Waals surface area contributed by atoms with Crippen molar-refractivity contribution in [3.05, 3.63) is 60.2 Å². The lowest BCUT2D eigenvalue weighted by Crippen LogP contribution is -2.38. The molecule has 0 bridgehead atoms. The van der Waals surface area contributed by atoms with Crippen molar-refractivity contribution in [1.82, 2.24) is 5.32 Å². The summed E-state index contributed by atoms with van der Waals surface area (Å²) in [6.45, 7) is 3.61. The fourth-order valence-corrected chi connectivity index (χ4v) is 3.22. The second kappa shape index (κ2) is 11.8. The molecule has 6 heteroatoms. The van der Waals surface area contributed by atoms with Crippen LogP contribution in [0.25, 0.3) is 11.1 Å². The van der Waals surface area contributed by atoms with Crippen LogP contribution < -0.4 is 5.32 Å². The zero-order valence-corrected chi connectivity index (χ0v) is 17.5. The molecule has 2 aromatic rings. The van der Waals surface area contributed by atoms with Crippen LogP contribution in [0.4, 0.5) is 0 Å². The molecule has 0 spiro atoms. The molecule has 6 nitrogen and oxygen atoms in total. The number of carboxylic acid groups (broad SMARTS) is 1. The Kier molecular flexibility index (Phi) is 9.06. The van der Waals surface area contributed by atoms with Gasteiger partial charge in [-0.3, -0.25) is 14.4 Å². The van der Waals surface area contributed by atoms with Crippen LogP contribution in [0.15, 0.2) is 54.6 Å². The highest BCUT2D eigenvalue weighted by molar-refractivity contribution is 5.81. The lowest BCUT2D eigenvalue weighted by atomic mass is 9.95. The van der Waals surface area contributed by atoms with Crippen molar-refractivity contribution < 1.29 is 24.2 Å². The van der Waals surface area contributed by atoms with E-state index in [0.717, 1.165) is 16.7 Å². The highest BCUT2D eigenvalue weighted by Gasteiger charge is 2.21. The van der Waals surface area contributed by atoms with Gasteiger partial charge in [-0.05, 0) is 36.5 Å². The Balaban J connectivity index is 2.02. The Hall–Kier alpha value is -3.15. The van der Waals surface area contributed by atoms with E-state index in [-0.39, 0.29) is 31.4 Å². The monoisotopic (exact) mass is 411 g/mol. The lowest BCUT2D eigenvalue weighted by Gasteiger charge is -2.21. The predicted octanol–water partition coefficient (Wildman–Crippen LogP) is 3.84. The van der Waals surface area contributed by atoms with Crippen LogP contribution in [0, 0.1) is 5.92 Å². The molecule has 0 saturated carbocycles. The summed E-state index contributed by atoms with van der Waals surface area (Å²) in [6.07, 6.45) is 0.842. The van der Waals surface area contributed by atoms with Crippen LogP contribution in [0.3, 0.4) is 0 Å². The van der Waals surface area contributed by atoms with E-state index in [2.05, 4.69) is 5.32 Å². The molecule has 0 radical (unpaired) electrons. The molecule has 0 heterocycles. The maximum absolute atomic E-state index is 12.3. The first-order valence-electron chi connectivity index (χ1n) is 10.2. The molecule has 2 rings (SSSR count). The van der Waals surface area contributed by atoms with E-state index >= 15 is 0 Å². The van der Waals surface area contributed by atoms with Gasteiger partial charge in [-0.25, -0.2) is 0 Å². The maximum Gasteiger partial charge on any atom is 0.306 e. The van der Waals surface area contributed by atoms with Gasteiger partial charge in [0.25, 0.3) is 0 Å². The minimum absolute atomic E-state index is 0.00660. The second-order valence-electron chi connectivity index (χ2n) is 7.31. The SMILES string of the molecule is CCOC(=O)CCC(=O)NC(Cc1ccc(-c2ccccc2)cc1)CC(C)C(=O)O. The Labute approximate surface area is 177 Å². The number of carboxylic acids is 1. The van der Waals surface area contributed by atoms with Crippen molar-refractivity contribution in [3.63, 3.8) is 0 Å². The molecule has 2 aromatic carbocycles. The van der Waals surface area contributed by atoms with Gasteiger partial charge in [0.05, 0.1) is 18.9 Å². The number of nitrogens with one attached hydrogen (secondary N) is 1. The van der Waals surface area contributed by atoms with Crippen LogP contribution in [-0.4, -0.2) is 35.6 Å². The van der Waals surface area contributed by atoms with E-state index in [1.165, 1.54) is 0 Å². The van der Waals surface area contributed by atoms with E-state index < -0.39 is 17.9 Å². The third kappa shape index (κ3) is 7.70. The first-order chi connectivity index (χ1) is 14.4. The van der Waals surface area contributed by atoms with Gasteiger partial charge in [0.2, 0.25) is 5.91 Å². The minimum atomic E-state index is -0.903. The molecule has 0 aliphatic rings. The minimum Gasteiger partial charge on any atom is -0.481 e. The van der Waals surface area contributed by atoms with Crippen molar-refractivity contribution in [3.8, 4) is 11.1 Å². The summed E-state index contributed by atoms with van der Waals surface area (Å²) < 4.78 is 4.84. The molecular weight excluding hydrogens is 382 g/mol. The normalized spacial score (nSPS) is 12.6. The van der Waals surface area contributed by atoms with Crippen LogP contribution in [0.5, 0.6) is 0 Å². The fourth-order valence-electron chi connectivity index (χ4n) is 3.22. The average molecular weight is 411 g/mol. The van der Waals surface area contributed by atoms with Crippen molar-refractivity contribution >= 4 is 17.8 Å². The van der Waals surface area contributed by atoms with Gasteiger partial charge in [-0.2, -0.15) is 0 Å². The Morgan fingerprint density at radius 3 is 2.20 bits per heavy atom. The number of hydrogen-bond donors (Lipinski definition) is 2. The van der Waals surface area contributed by atoms with E-state index in [0.29, 0.717) is 12.8 Å². The van der Waals surface area contributed by atoms with Crippen molar-refractivity contribution in [2.75, 3.05) is 6.61 Å². The van der Waals surface area contributed by atoms with Crippen molar-refractivity contribution in [1.29, 1.82) is 0 Å². The van der Waals surface area contributed by atoms with Gasteiger partial charge in [-0.15, -0.1) is 0 Å². The van der Waals surface area contributed by atoms with Crippen molar-refractivity contribution in [2.45, 2.75) is 45.6 Å². The highest BCUT2D eigenvalue weighted by atomic mass is 16.5. The third-order valence-electron chi connectivity index (χ3n) is 4.83. The highest BCUT2D eigenvalue weighted by Crippen LogP contribution is 2.20. The summed E-state index contributed by atoms with van der Waals surface area (Å²) in [7, 11) is 0. The molecule has 160 valence electrons. The van der Waals surface area contributed by atoms with Gasteiger partial charge in [0.1, 0.15) is 0 Å². The fraction of sp³-hybridized carbons (Fsp3) is 0.375. The first-order valence-corrected chi connectivity index (χ1v) is 10.2. The van der Waals surface area contributed by atoms with E-state index in [9.17, 15) is 19.5 Å². The molecule has 0 aromatic heterocycles. The first kappa shape index (κ1) is 23.1. The van der Waals surface area contributed by atoms with Gasteiger partial charge >= 0.3 is 11.9 Å². The van der Waals surface area contributed by atoms with Gasteiger partial charge in [-0.1, -0.05) is 61.5 Å². The smallest absolute Gasteiger partial charge is 0.306 e. The largest absolute Gasteiger partial charge is 0.481 e. The molecule has 2 N–H and O–H groups in total. The summed E-state index contributed by atoms with van der Waals surface area (Å²) in [5, 5.41) is 12.1. The number of amides is 1. The van der Waals surface area contributed by atoms with Gasteiger partial charge < -0.3 is 15.2 Å². The maximum atomic E-state index is 12.3. The molecule has 0 aliphatic carbocycles. The van der Waals surface area contributed by atoms with Gasteiger partial charge in [0, 0.05) is 12.5 Å². The molecular formula is C24H29NO5. The number of rotatable bonds is 11. The molecule has 0 aliphatic heterocycles. The zero-order chi connectivity index (χ0) is 21.9. The standard InChI is InChI=1S/C24H29NO5/c1-3-30-23(27)14-13-22(26)25-21(15-17(2)24(28)29)16-18-9-11-20(12-10-18)19-7-5-4-6-8-19/h4-12,17,21H,3,13-16H2,1-2H3,(H,25,26)(H,28,29). The molecule has 2 unspecified atom stereocenters. The van der Waals surface area contributed by atoms with E-state index in [4.69, 9.17) is 4.74 Å². The van der Waals surface area contributed by atoms with Crippen LogP contribution >= 0.6 is 0 Å². The zero-order valence-electron chi connectivity index (χ0n) is 17.5. The summed E-state index contributed by atoms with van der Waals surface area (Å²) in [4.78, 5) is 35.0. The summed E-state index contributed by atoms with van der Waals surface area (Å²) in [5.41, 5.74) is 3.21. The van der Waals surface area contributed by atoms with Crippen molar-refractivity contribution in [2.24, 2.45) is 5.92 Å². The molecule has 30 heavy (non-hydrogen) atoms. The second-order valence-corrected chi connectivity index (χ2v) is 7.31. The lowest BCUT2D eigenvalue weighted by molar-refractivity contribution is -0.144. The topological polar surface area (TPSA) is 92.7 Å². The molecule has 1 amide bonds. The molecule has 2 atom stereocenters. The third-order valence-corrected chi connectivity index (χ3v) is 4.83. The Morgan fingerprint density at radius 2 is 1.60 bits per heavy atom. The number of esters is 1. The molecule has 0 fully saturated rings. The number of benzene rings is 2.